The summed E-state index contributed by atoms with van der Waals surface area (Å²) in [5, 5.41) is 12.8. The van der Waals surface area contributed by atoms with Crippen LogP contribution in [0.4, 0.5) is 0 Å². The molecule has 136 valence electrons. The highest BCUT2D eigenvalue weighted by Gasteiger charge is 2.19. The maximum Gasteiger partial charge on any atom is 0.307 e. The Morgan fingerprint density at radius 1 is 1.07 bits per heavy atom. The van der Waals surface area contributed by atoms with E-state index in [-0.39, 0.29) is 6.42 Å². The molecule has 1 aromatic heterocycles. The first-order valence-corrected chi connectivity index (χ1v) is 10.4. The highest BCUT2D eigenvalue weighted by molar-refractivity contribution is 9.11. The lowest BCUT2D eigenvalue weighted by Crippen LogP contribution is -2.02. The first kappa shape index (κ1) is 18.2. The van der Waals surface area contributed by atoms with Crippen molar-refractivity contribution in [3.05, 3.63) is 68.5 Å². The quantitative estimate of drug-likeness (QED) is 0.372. The van der Waals surface area contributed by atoms with E-state index in [4.69, 9.17) is 5.11 Å². The van der Waals surface area contributed by atoms with E-state index in [2.05, 4.69) is 66.2 Å². The summed E-state index contributed by atoms with van der Waals surface area (Å²) >= 11 is 5.66. The molecule has 27 heavy (non-hydrogen) atoms. The number of carboxylic acid groups (broad SMARTS) is 1. The third kappa shape index (κ3) is 2.97. The van der Waals surface area contributed by atoms with Crippen molar-refractivity contribution < 1.29 is 9.90 Å². The highest BCUT2D eigenvalue weighted by Crippen LogP contribution is 2.47. The van der Waals surface area contributed by atoms with E-state index in [0.29, 0.717) is 0 Å². The fraction of sp³-hybridized carbons (Fsp3) is 0.174. The topological polar surface area (TPSA) is 37.3 Å². The van der Waals surface area contributed by atoms with Crippen LogP contribution in [0, 0.1) is 20.8 Å². The number of aryl methyl sites for hydroxylation is 3. The minimum atomic E-state index is -0.799. The standard InChI is InChI=1S/C23H19BrO2S/c1-12-10-16(9-8-15(12)11-19(25)26)21-17-6-4-5-7-18(17)22(24)23-20(21)13(2)14(3)27-23/h4-10H,11H2,1-3H3,(H,25,26). The Morgan fingerprint density at radius 2 is 1.78 bits per heavy atom. The molecule has 0 saturated carbocycles. The highest BCUT2D eigenvalue weighted by atomic mass is 79.9. The van der Waals surface area contributed by atoms with E-state index in [1.807, 2.05) is 24.3 Å². The molecule has 0 fully saturated rings. The molecule has 0 radical (unpaired) electrons. The third-order valence-electron chi connectivity index (χ3n) is 5.24. The number of fused-ring (bicyclic) bond motifs is 2. The summed E-state index contributed by atoms with van der Waals surface area (Å²) < 4.78 is 2.42. The molecule has 0 saturated heterocycles. The van der Waals surface area contributed by atoms with Gasteiger partial charge in [0.1, 0.15) is 0 Å². The molecular formula is C23H19BrO2S. The second-order valence-electron chi connectivity index (χ2n) is 6.93. The normalized spacial score (nSPS) is 11.4. The van der Waals surface area contributed by atoms with Crippen molar-refractivity contribution in [3.8, 4) is 11.1 Å². The molecule has 3 aromatic carbocycles. The monoisotopic (exact) mass is 438 g/mol. The third-order valence-corrected chi connectivity index (χ3v) is 7.55. The van der Waals surface area contributed by atoms with Crippen molar-refractivity contribution in [2.24, 2.45) is 0 Å². The molecule has 0 atom stereocenters. The van der Waals surface area contributed by atoms with Gasteiger partial charge in [0.05, 0.1) is 11.1 Å². The molecule has 1 heterocycles. The van der Waals surface area contributed by atoms with Gasteiger partial charge in [0.15, 0.2) is 0 Å². The number of halogens is 1. The summed E-state index contributed by atoms with van der Waals surface area (Å²) in [5.41, 5.74) is 5.55. The summed E-state index contributed by atoms with van der Waals surface area (Å²) in [5.74, 6) is -0.799. The average Bonchev–Trinajstić information content (AvgIpc) is 2.93. The number of aliphatic carboxylic acids is 1. The van der Waals surface area contributed by atoms with Gasteiger partial charge in [-0.3, -0.25) is 4.79 Å². The van der Waals surface area contributed by atoms with Gasteiger partial charge < -0.3 is 5.11 Å². The Bertz CT molecular complexity index is 1220. The Hall–Kier alpha value is -2.17. The first-order chi connectivity index (χ1) is 12.9. The molecule has 0 aliphatic carbocycles. The number of hydrogen-bond donors (Lipinski definition) is 1. The summed E-state index contributed by atoms with van der Waals surface area (Å²) in [7, 11) is 0. The SMILES string of the molecule is Cc1cc(-c2c3ccccc3c(Br)c3sc(C)c(C)c23)ccc1CC(=O)O. The van der Waals surface area contributed by atoms with Gasteiger partial charge in [0.25, 0.3) is 0 Å². The fourth-order valence-corrected chi connectivity index (χ4v) is 5.65. The molecule has 0 bridgehead atoms. The van der Waals surface area contributed by atoms with Gasteiger partial charge in [-0.2, -0.15) is 0 Å². The Balaban J connectivity index is 2.10. The van der Waals surface area contributed by atoms with E-state index in [0.717, 1.165) is 21.2 Å². The van der Waals surface area contributed by atoms with Gasteiger partial charge >= 0.3 is 5.97 Å². The van der Waals surface area contributed by atoms with Gasteiger partial charge in [-0.25, -0.2) is 0 Å². The van der Waals surface area contributed by atoms with Crippen molar-refractivity contribution in [2.45, 2.75) is 27.2 Å². The van der Waals surface area contributed by atoms with Crippen LogP contribution >= 0.6 is 27.3 Å². The van der Waals surface area contributed by atoms with Crippen LogP contribution < -0.4 is 0 Å². The van der Waals surface area contributed by atoms with Crippen molar-refractivity contribution >= 4 is 54.1 Å². The largest absolute Gasteiger partial charge is 0.481 e. The van der Waals surface area contributed by atoms with E-state index < -0.39 is 5.97 Å². The molecule has 0 spiro atoms. The summed E-state index contributed by atoms with van der Waals surface area (Å²) in [6.45, 7) is 6.35. The second-order valence-corrected chi connectivity index (χ2v) is 8.95. The lowest BCUT2D eigenvalue weighted by Gasteiger charge is -2.14. The van der Waals surface area contributed by atoms with E-state index in [9.17, 15) is 4.79 Å². The molecule has 4 heteroatoms. The maximum absolute atomic E-state index is 11.1. The lowest BCUT2D eigenvalue weighted by molar-refractivity contribution is -0.136. The van der Waals surface area contributed by atoms with Crippen LogP contribution in [0.2, 0.25) is 0 Å². The number of rotatable bonds is 3. The van der Waals surface area contributed by atoms with Gasteiger partial charge in [0, 0.05) is 14.7 Å². The van der Waals surface area contributed by atoms with Crippen molar-refractivity contribution in [1.82, 2.24) is 0 Å². The molecule has 4 aromatic rings. The van der Waals surface area contributed by atoms with E-state index in [1.165, 1.54) is 36.9 Å². The van der Waals surface area contributed by atoms with Gasteiger partial charge in [0.2, 0.25) is 0 Å². The summed E-state index contributed by atoms with van der Waals surface area (Å²) in [6, 6.07) is 14.6. The van der Waals surface area contributed by atoms with Crippen LogP contribution in [0.3, 0.4) is 0 Å². The number of carbonyl (C=O) groups is 1. The molecular weight excluding hydrogens is 420 g/mol. The predicted octanol–water partition coefficient (Wildman–Crippen LogP) is 7.04. The minimum Gasteiger partial charge on any atom is -0.481 e. The van der Waals surface area contributed by atoms with E-state index >= 15 is 0 Å². The van der Waals surface area contributed by atoms with Gasteiger partial charge in [-0.15, -0.1) is 11.3 Å². The number of benzene rings is 3. The zero-order chi connectivity index (χ0) is 19.3. The fourth-order valence-electron chi connectivity index (χ4n) is 3.74. The van der Waals surface area contributed by atoms with Crippen LogP contribution in [0.5, 0.6) is 0 Å². The Labute approximate surface area is 170 Å². The molecule has 0 aliphatic rings. The minimum absolute atomic E-state index is 0.0548. The van der Waals surface area contributed by atoms with E-state index in [1.54, 1.807) is 0 Å². The van der Waals surface area contributed by atoms with Crippen molar-refractivity contribution in [1.29, 1.82) is 0 Å². The van der Waals surface area contributed by atoms with Crippen LogP contribution in [0.25, 0.3) is 32.0 Å². The summed E-state index contributed by atoms with van der Waals surface area (Å²) in [4.78, 5) is 12.4. The maximum atomic E-state index is 11.1. The van der Waals surface area contributed by atoms with Crippen molar-refractivity contribution in [2.75, 3.05) is 0 Å². The number of thiophene rings is 1. The zero-order valence-corrected chi connectivity index (χ0v) is 17.8. The van der Waals surface area contributed by atoms with Gasteiger partial charge in [-0.1, -0.05) is 42.5 Å². The predicted molar refractivity (Wildman–Crippen MR) is 118 cm³/mol. The second kappa shape index (κ2) is 6.77. The van der Waals surface area contributed by atoms with Gasteiger partial charge in [-0.05, 0) is 75.3 Å². The first-order valence-electron chi connectivity index (χ1n) is 8.80. The lowest BCUT2D eigenvalue weighted by atomic mass is 9.91. The summed E-state index contributed by atoms with van der Waals surface area (Å²) in [6.07, 6.45) is 0.0548. The molecule has 0 unspecified atom stereocenters. The van der Waals surface area contributed by atoms with Crippen molar-refractivity contribution in [3.63, 3.8) is 0 Å². The molecule has 2 nitrogen and oxygen atoms in total. The number of carboxylic acids is 1. The molecule has 0 amide bonds. The van der Waals surface area contributed by atoms with Crippen LogP contribution in [-0.2, 0) is 11.2 Å². The Kier molecular flexibility index (Phi) is 4.57. The smallest absolute Gasteiger partial charge is 0.307 e. The molecule has 4 rings (SSSR count). The van der Waals surface area contributed by atoms with Crippen LogP contribution in [0.1, 0.15) is 21.6 Å². The average molecular weight is 439 g/mol. The Morgan fingerprint density at radius 3 is 2.44 bits per heavy atom. The molecule has 1 N–H and O–H groups in total. The molecule has 0 aliphatic heterocycles. The van der Waals surface area contributed by atoms with Crippen LogP contribution in [0.15, 0.2) is 46.9 Å². The number of hydrogen-bond acceptors (Lipinski definition) is 2. The van der Waals surface area contributed by atoms with Crippen LogP contribution in [-0.4, -0.2) is 11.1 Å². The zero-order valence-electron chi connectivity index (χ0n) is 15.4.